The lowest BCUT2D eigenvalue weighted by Gasteiger charge is -2.11. The first kappa shape index (κ1) is 15.6. The molecule has 0 aliphatic rings. The third kappa shape index (κ3) is 4.62. The molecular formula is C14H10F3IN2O. The van der Waals surface area contributed by atoms with Crippen molar-refractivity contribution in [3.8, 4) is 0 Å². The van der Waals surface area contributed by atoms with E-state index in [1.165, 1.54) is 12.1 Å². The van der Waals surface area contributed by atoms with E-state index in [1.54, 1.807) is 18.2 Å². The highest BCUT2D eigenvalue weighted by atomic mass is 127. The fourth-order valence-corrected chi connectivity index (χ4v) is 2.18. The molecule has 0 saturated heterocycles. The van der Waals surface area contributed by atoms with Gasteiger partial charge in [0.15, 0.2) is 0 Å². The molecule has 0 aromatic heterocycles. The van der Waals surface area contributed by atoms with Gasteiger partial charge in [0, 0.05) is 14.9 Å². The molecule has 0 aliphatic heterocycles. The highest BCUT2D eigenvalue weighted by molar-refractivity contribution is 14.1. The molecule has 2 rings (SSSR count). The zero-order valence-electron chi connectivity index (χ0n) is 10.5. The van der Waals surface area contributed by atoms with Gasteiger partial charge in [0.25, 0.3) is 0 Å². The summed E-state index contributed by atoms with van der Waals surface area (Å²) in [4.78, 5) is 11.7. The molecule has 0 saturated carbocycles. The number of halogens is 4. The lowest BCUT2D eigenvalue weighted by atomic mass is 10.2. The number of hydrogen-bond donors (Lipinski definition) is 2. The van der Waals surface area contributed by atoms with Crippen LogP contribution < -0.4 is 10.6 Å². The largest absolute Gasteiger partial charge is 0.416 e. The monoisotopic (exact) mass is 406 g/mol. The summed E-state index contributed by atoms with van der Waals surface area (Å²) >= 11 is 2.09. The molecule has 2 aromatic rings. The van der Waals surface area contributed by atoms with E-state index in [0.29, 0.717) is 5.69 Å². The predicted octanol–water partition coefficient (Wildman–Crippen LogP) is 4.95. The molecule has 0 atom stereocenters. The standard InChI is InChI=1S/C14H10F3IN2O/c15-14(16,17)9-3-1-5-11(7-9)19-13(21)20-12-6-2-4-10(18)8-12/h1-8H,(H2,19,20,21). The van der Waals surface area contributed by atoms with Crippen LogP contribution in [0.25, 0.3) is 0 Å². The minimum Gasteiger partial charge on any atom is -0.308 e. The first-order chi connectivity index (χ1) is 9.84. The van der Waals surface area contributed by atoms with Gasteiger partial charge in [-0.2, -0.15) is 13.2 Å². The van der Waals surface area contributed by atoms with Crippen molar-refractivity contribution in [2.45, 2.75) is 6.18 Å². The van der Waals surface area contributed by atoms with Crippen LogP contribution >= 0.6 is 22.6 Å². The van der Waals surface area contributed by atoms with Crippen LogP contribution in [0.5, 0.6) is 0 Å². The Labute approximate surface area is 132 Å². The third-order valence-electron chi connectivity index (χ3n) is 2.53. The van der Waals surface area contributed by atoms with E-state index in [9.17, 15) is 18.0 Å². The number of hydrogen-bond acceptors (Lipinski definition) is 1. The van der Waals surface area contributed by atoms with E-state index in [-0.39, 0.29) is 5.69 Å². The highest BCUT2D eigenvalue weighted by Crippen LogP contribution is 2.30. The van der Waals surface area contributed by atoms with Gasteiger partial charge in [0.05, 0.1) is 5.56 Å². The Morgan fingerprint density at radius 1 is 0.952 bits per heavy atom. The smallest absolute Gasteiger partial charge is 0.308 e. The maximum absolute atomic E-state index is 12.6. The second-order valence-electron chi connectivity index (χ2n) is 4.17. The number of anilines is 2. The van der Waals surface area contributed by atoms with Crippen LogP contribution in [0, 0.1) is 3.57 Å². The Morgan fingerprint density at radius 3 is 2.10 bits per heavy atom. The number of nitrogens with one attached hydrogen (secondary N) is 2. The second-order valence-corrected chi connectivity index (χ2v) is 5.41. The first-order valence-corrected chi connectivity index (χ1v) is 6.93. The van der Waals surface area contributed by atoms with Crippen LogP contribution in [0.4, 0.5) is 29.3 Å². The van der Waals surface area contributed by atoms with Gasteiger partial charge in [-0.05, 0) is 59.0 Å². The van der Waals surface area contributed by atoms with E-state index in [1.807, 2.05) is 6.07 Å². The van der Waals surface area contributed by atoms with Crippen LogP contribution in [0.2, 0.25) is 0 Å². The summed E-state index contributed by atoms with van der Waals surface area (Å²) in [7, 11) is 0. The molecule has 2 aromatic carbocycles. The first-order valence-electron chi connectivity index (χ1n) is 5.85. The third-order valence-corrected chi connectivity index (χ3v) is 3.20. The quantitative estimate of drug-likeness (QED) is 0.681. The Hall–Kier alpha value is -1.77. The van der Waals surface area contributed by atoms with Crippen molar-refractivity contribution in [1.82, 2.24) is 0 Å². The van der Waals surface area contributed by atoms with Crippen LogP contribution in [-0.4, -0.2) is 6.03 Å². The lowest BCUT2D eigenvalue weighted by molar-refractivity contribution is -0.137. The van der Waals surface area contributed by atoms with Gasteiger partial charge < -0.3 is 10.6 Å². The van der Waals surface area contributed by atoms with Crippen molar-refractivity contribution in [3.63, 3.8) is 0 Å². The highest BCUT2D eigenvalue weighted by Gasteiger charge is 2.30. The molecule has 0 heterocycles. The normalized spacial score (nSPS) is 11.0. The van der Waals surface area contributed by atoms with E-state index < -0.39 is 17.8 Å². The van der Waals surface area contributed by atoms with Crippen molar-refractivity contribution in [2.75, 3.05) is 10.6 Å². The Balaban J connectivity index is 2.06. The Morgan fingerprint density at radius 2 is 1.52 bits per heavy atom. The molecule has 7 heteroatoms. The van der Waals surface area contributed by atoms with Crippen molar-refractivity contribution in [3.05, 3.63) is 57.7 Å². The molecule has 110 valence electrons. The minimum absolute atomic E-state index is 0.0768. The summed E-state index contributed by atoms with van der Waals surface area (Å²) in [6.45, 7) is 0. The van der Waals surface area contributed by atoms with Crippen LogP contribution in [-0.2, 0) is 6.18 Å². The summed E-state index contributed by atoms with van der Waals surface area (Å²) in [5.41, 5.74) is -0.172. The molecule has 21 heavy (non-hydrogen) atoms. The number of rotatable bonds is 2. The second kappa shape index (κ2) is 6.33. The SMILES string of the molecule is O=C(Nc1cccc(I)c1)Nc1cccc(C(F)(F)F)c1. The molecule has 3 nitrogen and oxygen atoms in total. The van der Waals surface area contributed by atoms with Crippen molar-refractivity contribution < 1.29 is 18.0 Å². The van der Waals surface area contributed by atoms with Crippen molar-refractivity contribution in [1.29, 1.82) is 0 Å². The van der Waals surface area contributed by atoms with Gasteiger partial charge in [0.1, 0.15) is 0 Å². The Kier molecular flexibility index (Phi) is 4.71. The van der Waals surface area contributed by atoms with Gasteiger partial charge in [-0.3, -0.25) is 0 Å². The van der Waals surface area contributed by atoms with Crippen LogP contribution in [0.15, 0.2) is 48.5 Å². The van der Waals surface area contributed by atoms with E-state index in [0.717, 1.165) is 15.7 Å². The summed E-state index contributed by atoms with van der Waals surface area (Å²) in [6.07, 6.45) is -4.44. The number of amides is 2. The van der Waals surface area contributed by atoms with E-state index in [4.69, 9.17) is 0 Å². The number of alkyl halides is 3. The summed E-state index contributed by atoms with van der Waals surface area (Å²) < 4.78 is 38.6. The topological polar surface area (TPSA) is 41.1 Å². The maximum atomic E-state index is 12.6. The van der Waals surface area contributed by atoms with Crippen molar-refractivity contribution >= 4 is 40.0 Å². The Bertz CT molecular complexity index is 659. The average Bonchev–Trinajstić information content (AvgIpc) is 2.37. The predicted molar refractivity (Wildman–Crippen MR) is 83.2 cm³/mol. The zero-order valence-corrected chi connectivity index (χ0v) is 12.7. The summed E-state index contributed by atoms with van der Waals surface area (Å²) in [5, 5.41) is 4.92. The van der Waals surface area contributed by atoms with Crippen molar-refractivity contribution in [2.24, 2.45) is 0 Å². The van der Waals surface area contributed by atoms with E-state index >= 15 is 0 Å². The summed E-state index contributed by atoms with van der Waals surface area (Å²) in [6, 6.07) is 10.9. The van der Waals surface area contributed by atoms with Gasteiger partial charge in [-0.1, -0.05) is 12.1 Å². The molecule has 0 radical (unpaired) electrons. The lowest BCUT2D eigenvalue weighted by Crippen LogP contribution is -2.19. The zero-order chi connectivity index (χ0) is 15.5. The van der Waals surface area contributed by atoms with Gasteiger partial charge >= 0.3 is 12.2 Å². The van der Waals surface area contributed by atoms with Gasteiger partial charge in [0.2, 0.25) is 0 Å². The number of carbonyl (C=O) groups is 1. The molecule has 0 fully saturated rings. The average molecular weight is 406 g/mol. The molecule has 0 spiro atoms. The fourth-order valence-electron chi connectivity index (χ4n) is 1.63. The number of urea groups is 1. The number of benzene rings is 2. The molecule has 0 aliphatic carbocycles. The number of carbonyl (C=O) groups excluding carboxylic acids is 1. The molecule has 2 amide bonds. The van der Waals surface area contributed by atoms with Crippen LogP contribution in [0.1, 0.15) is 5.56 Å². The van der Waals surface area contributed by atoms with Crippen LogP contribution in [0.3, 0.4) is 0 Å². The van der Waals surface area contributed by atoms with E-state index in [2.05, 4.69) is 33.2 Å². The van der Waals surface area contributed by atoms with Gasteiger partial charge in [-0.15, -0.1) is 0 Å². The minimum atomic E-state index is -4.44. The molecule has 0 unspecified atom stereocenters. The summed E-state index contributed by atoms with van der Waals surface area (Å²) in [5.74, 6) is 0. The fraction of sp³-hybridized carbons (Fsp3) is 0.0714. The van der Waals surface area contributed by atoms with Gasteiger partial charge in [-0.25, -0.2) is 4.79 Å². The molecular weight excluding hydrogens is 396 g/mol. The molecule has 0 bridgehead atoms. The molecule has 2 N–H and O–H groups in total. The maximum Gasteiger partial charge on any atom is 0.416 e.